The van der Waals surface area contributed by atoms with Gasteiger partial charge in [0.2, 0.25) is 6.08 Å². The second kappa shape index (κ2) is 21.8. The first-order valence-corrected chi connectivity index (χ1v) is 12.7. The minimum atomic E-state index is -0.0474. The molecule has 2 aliphatic heterocycles. The molecular formula is C24H49N5O2. The van der Waals surface area contributed by atoms with Crippen LogP contribution in [0.1, 0.15) is 105 Å². The molecule has 2 heterocycles. The largest absolute Gasteiger partial charge is 0.337 e. The summed E-state index contributed by atoms with van der Waals surface area (Å²) in [5.74, 6) is 0. The Balaban J connectivity index is 0.000000499. The van der Waals surface area contributed by atoms with Gasteiger partial charge < -0.3 is 10.6 Å². The number of urea groups is 1. The molecule has 0 aromatic carbocycles. The van der Waals surface area contributed by atoms with Crippen LogP contribution in [0, 0.1) is 0 Å². The summed E-state index contributed by atoms with van der Waals surface area (Å²) in [7, 11) is 0. The first-order valence-electron chi connectivity index (χ1n) is 12.7. The van der Waals surface area contributed by atoms with Gasteiger partial charge in [-0.2, -0.15) is 0 Å². The van der Waals surface area contributed by atoms with E-state index in [2.05, 4.69) is 53.8 Å². The van der Waals surface area contributed by atoms with Gasteiger partial charge in [-0.05, 0) is 57.9 Å². The van der Waals surface area contributed by atoms with Crippen LogP contribution < -0.4 is 16.1 Å². The lowest BCUT2D eigenvalue weighted by molar-refractivity contribution is 0.0945. The molecule has 2 atom stereocenters. The Morgan fingerprint density at radius 3 is 2.32 bits per heavy atom. The summed E-state index contributed by atoms with van der Waals surface area (Å²) in [6.45, 7) is 12.3. The highest BCUT2D eigenvalue weighted by Crippen LogP contribution is 2.17. The van der Waals surface area contributed by atoms with Gasteiger partial charge in [0.15, 0.2) is 0 Å². The van der Waals surface area contributed by atoms with Crippen molar-refractivity contribution in [3.8, 4) is 0 Å². The third kappa shape index (κ3) is 16.9. The van der Waals surface area contributed by atoms with Crippen LogP contribution in [-0.2, 0) is 4.79 Å². The van der Waals surface area contributed by atoms with E-state index >= 15 is 0 Å². The minimum Gasteiger partial charge on any atom is -0.337 e. The monoisotopic (exact) mass is 439 g/mol. The van der Waals surface area contributed by atoms with Crippen LogP contribution in [0.5, 0.6) is 0 Å². The molecule has 2 aliphatic rings. The zero-order valence-electron chi connectivity index (χ0n) is 20.7. The number of rotatable bonds is 9. The molecule has 2 rings (SSSR count). The van der Waals surface area contributed by atoms with E-state index in [1.165, 1.54) is 57.6 Å². The van der Waals surface area contributed by atoms with Crippen LogP contribution in [0.2, 0.25) is 0 Å². The predicted octanol–water partition coefficient (Wildman–Crippen LogP) is 4.93. The Labute approximate surface area is 191 Å². The molecule has 2 saturated heterocycles. The van der Waals surface area contributed by atoms with Crippen LogP contribution >= 0.6 is 0 Å². The normalized spacial score (nSPS) is 20.8. The van der Waals surface area contributed by atoms with Gasteiger partial charge in [0.25, 0.3) is 0 Å². The number of carbonyl (C=O) groups excluding carboxylic acids is 2. The summed E-state index contributed by atoms with van der Waals surface area (Å²) in [6, 6.07) is 1.31. The number of piperidine rings is 2. The lowest BCUT2D eigenvalue weighted by Crippen LogP contribution is -2.53. The van der Waals surface area contributed by atoms with Gasteiger partial charge in [-0.15, -0.1) is 0 Å². The zero-order chi connectivity index (χ0) is 23.2. The number of hydrogen-bond acceptors (Lipinski definition) is 5. The molecule has 2 unspecified atom stereocenters. The van der Waals surface area contributed by atoms with Crippen LogP contribution in [0.3, 0.4) is 0 Å². The van der Waals surface area contributed by atoms with Crippen LogP contribution in [-0.4, -0.2) is 55.4 Å². The molecule has 2 amide bonds. The summed E-state index contributed by atoms with van der Waals surface area (Å²) >= 11 is 0. The zero-order valence-corrected chi connectivity index (χ0v) is 20.7. The fourth-order valence-corrected chi connectivity index (χ4v) is 3.68. The van der Waals surface area contributed by atoms with Crippen molar-refractivity contribution in [2.75, 3.05) is 26.2 Å². The number of nitrogens with zero attached hydrogens (tertiary/aromatic N) is 2. The van der Waals surface area contributed by atoms with Gasteiger partial charge in [0, 0.05) is 25.2 Å². The lowest BCUT2D eigenvalue weighted by Gasteiger charge is -2.34. The average Bonchev–Trinajstić information content (AvgIpc) is 2.81. The number of unbranched alkanes of at least 4 members (excludes halogenated alkanes) is 2. The quantitative estimate of drug-likeness (QED) is 0.270. The van der Waals surface area contributed by atoms with E-state index in [0.717, 1.165) is 51.2 Å². The summed E-state index contributed by atoms with van der Waals surface area (Å²) in [4.78, 5) is 24.3. The van der Waals surface area contributed by atoms with E-state index in [0.29, 0.717) is 12.6 Å². The van der Waals surface area contributed by atoms with Crippen LogP contribution in [0.15, 0.2) is 4.99 Å². The highest BCUT2D eigenvalue weighted by molar-refractivity contribution is 5.73. The van der Waals surface area contributed by atoms with Crippen molar-refractivity contribution in [3.05, 3.63) is 0 Å². The SMILES string of the molecule is CCC1CCCCN1.CCCCN=C=O.CCCCNC(=O)NN1CCCCC1CC. The molecule has 0 bridgehead atoms. The first kappa shape index (κ1) is 29.6. The van der Waals surface area contributed by atoms with Crippen molar-refractivity contribution in [3.63, 3.8) is 0 Å². The Bertz CT molecular complexity index is 463. The van der Waals surface area contributed by atoms with Gasteiger partial charge in [0.1, 0.15) is 0 Å². The minimum absolute atomic E-state index is 0.0474. The molecule has 0 aromatic rings. The topological polar surface area (TPSA) is 85.8 Å². The number of nitrogens with one attached hydrogen (secondary N) is 3. The van der Waals surface area contributed by atoms with Crippen molar-refractivity contribution in [1.82, 2.24) is 21.1 Å². The predicted molar refractivity (Wildman–Crippen MR) is 130 cm³/mol. The summed E-state index contributed by atoms with van der Waals surface area (Å²) in [5, 5.41) is 8.45. The van der Waals surface area contributed by atoms with Crippen molar-refractivity contribution >= 4 is 12.1 Å². The molecule has 31 heavy (non-hydrogen) atoms. The van der Waals surface area contributed by atoms with Crippen LogP contribution in [0.4, 0.5) is 4.79 Å². The number of amides is 2. The van der Waals surface area contributed by atoms with E-state index in [1.807, 2.05) is 0 Å². The molecule has 0 saturated carbocycles. The number of isocyanates is 1. The molecule has 7 heteroatoms. The highest BCUT2D eigenvalue weighted by atomic mass is 16.2. The Hall–Kier alpha value is -1.43. The molecule has 3 N–H and O–H groups in total. The van der Waals surface area contributed by atoms with E-state index in [1.54, 1.807) is 0 Å². The van der Waals surface area contributed by atoms with Gasteiger partial charge in [-0.1, -0.05) is 53.4 Å². The molecule has 182 valence electrons. The molecule has 0 aromatic heterocycles. The van der Waals surface area contributed by atoms with E-state index in [4.69, 9.17) is 0 Å². The third-order valence-corrected chi connectivity index (χ3v) is 5.75. The summed E-state index contributed by atoms with van der Waals surface area (Å²) in [5.41, 5.74) is 2.96. The van der Waals surface area contributed by atoms with Crippen molar-refractivity contribution in [1.29, 1.82) is 0 Å². The number of carbonyl (C=O) groups is 1. The fraction of sp³-hybridized carbons (Fsp3) is 0.917. The molecule has 0 aliphatic carbocycles. The van der Waals surface area contributed by atoms with E-state index in [-0.39, 0.29) is 6.03 Å². The van der Waals surface area contributed by atoms with Crippen molar-refractivity contribution in [2.24, 2.45) is 4.99 Å². The number of aliphatic imine (C=N–C) groups is 1. The molecular weight excluding hydrogens is 390 g/mol. The summed E-state index contributed by atoms with van der Waals surface area (Å²) in [6.07, 6.45) is 16.0. The summed E-state index contributed by atoms with van der Waals surface area (Å²) < 4.78 is 0. The Morgan fingerprint density at radius 2 is 1.77 bits per heavy atom. The first-order chi connectivity index (χ1) is 15.1. The molecule has 0 radical (unpaired) electrons. The standard InChI is InChI=1S/C12H25N3O.C7H15N.C5H9NO/c1-3-5-9-13-12(16)14-15-10-7-6-8-11(15)4-2;1-2-7-5-3-4-6-8-7;1-2-3-4-6-5-7/h11H,3-10H2,1-2H3,(H2,13,14,16);7-8H,2-6H2,1H3;2-4H2,1H3. The average molecular weight is 440 g/mol. The maximum absolute atomic E-state index is 11.6. The van der Waals surface area contributed by atoms with Crippen molar-refractivity contribution < 1.29 is 9.59 Å². The van der Waals surface area contributed by atoms with Crippen molar-refractivity contribution in [2.45, 2.75) is 117 Å². The van der Waals surface area contributed by atoms with E-state index < -0.39 is 0 Å². The van der Waals surface area contributed by atoms with Gasteiger partial charge in [-0.25, -0.2) is 19.6 Å². The molecule has 2 fully saturated rings. The number of hydrogen-bond donors (Lipinski definition) is 3. The van der Waals surface area contributed by atoms with Crippen LogP contribution in [0.25, 0.3) is 0 Å². The highest BCUT2D eigenvalue weighted by Gasteiger charge is 2.21. The Morgan fingerprint density at radius 1 is 1.03 bits per heavy atom. The van der Waals surface area contributed by atoms with Gasteiger partial charge in [-0.3, -0.25) is 5.43 Å². The maximum atomic E-state index is 11.6. The molecule has 0 spiro atoms. The fourth-order valence-electron chi connectivity index (χ4n) is 3.68. The van der Waals surface area contributed by atoms with E-state index in [9.17, 15) is 9.59 Å². The van der Waals surface area contributed by atoms with Gasteiger partial charge in [0.05, 0.1) is 6.54 Å². The Kier molecular flexibility index (Phi) is 20.8. The second-order valence-corrected chi connectivity index (χ2v) is 8.35. The smallest absolute Gasteiger partial charge is 0.329 e. The van der Waals surface area contributed by atoms with Gasteiger partial charge >= 0.3 is 6.03 Å². The maximum Gasteiger partial charge on any atom is 0.329 e. The second-order valence-electron chi connectivity index (χ2n) is 8.35. The third-order valence-electron chi connectivity index (χ3n) is 5.75. The lowest BCUT2D eigenvalue weighted by atomic mass is 10.0. The molecule has 7 nitrogen and oxygen atoms in total. The number of hydrazine groups is 1.